The summed E-state index contributed by atoms with van der Waals surface area (Å²) in [5.74, 6) is 0.565. The van der Waals surface area contributed by atoms with E-state index in [1.807, 2.05) is 27.7 Å². The summed E-state index contributed by atoms with van der Waals surface area (Å²) >= 11 is 0. The lowest BCUT2D eigenvalue weighted by Crippen LogP contribution is -2.23. The SMILES string of the molecule is CCNc1nc(C(C)(C)OCC)no1. The lowest BCUT2D eigenvalue weighted by Gasteiger charge is -2.19. The van der Waals surface area contributed by atoms with Crippen molar-refractivity contribution in [1.29, 1.82) is 0 Å². The normalized spacial score (nSPS) is 11.7. The summed E-state index contributed by atoms with van der Waals surface area (Å²) in [6.45, 7) is 9.12. The van der Waals surface area contributed by atoms with Gasteiger partial charge in [0, 0.05) is 13.2 Å². The maximum Gasteiger partial charge on any atom is 0.321 e. The standard InChI is InChI=1S/C9H17N3O2/c1-5-10-8-11-7(12-14-8)9(3,4)13-6-2/h5-6H2,1-4H3,(H,10,11,12). The highest BCUT2D eigenvalue weighted by Crippen LogP contribution is 2.22. The molecule has 0 aromatic carbocycles. The molecule has 1 aromatic rings. The van der Waals surface area contributed by atoms with E-state index < -0.39 is 5.60 Å². The Morgan fingerprint density at radius 3 is 2.71 bits per heavy atom. The first-order chi connectivity index (χ1) is 6.60. The van der Waals surface area contributed by atoms with Gasteiger partial charge in [0.1, 0.15) is 5.60 Å². The molecule has 0 fully saturated rings. The highest BCUT2D eigenvalue weighted by atomic mass is 16.5. The van der Waals surface area contributed by atoms with Crippen LogP contribution in [0.15, 0.2) is 4.52 Å². The van der Waals surface area contributed by atoms with Gasteiger partial charge in [-0.3, -0.25) is 0 Å². The van der Waals surface area contributed by atoms with Crippen molar-refractivity contribution in [1.82, 2.24) is 10.1 Å². The summed E-state index contributed by atoms with van der Waals surface area (Å²) in [4.78, 5) is 4.18. The molecule has 0 unspecified atom stereocenters. The fraction of sp³-hybridized carbons (Fsp3) is 0.778. The summed E-state index contributed by atoms with van der Waals surface area (Å²) in [5.41, 5.74) is -0.494. The molecule has 0 amide bonds. The number of nitrogens with one attached hydrogen (secondary N) is 1. The van der Waals surface area contributed by atoms with Gasteiger partial charge in [-0.05, 0) is 27.7 Å². The van der Waals surface area contributed by atoms with E-state index in [4.69, 9.17) is 9.26 Å². The van der Waals surface area contributed by atoms with Gasteiger partial charge >= 0.3 is 6.01 Å². The van der Waals surface area contributed by atoms with Crippen LogP contribution in [0.1, 0.15) is 33.5 Å². The summed E-state index contributed by atoms with van der Waals surface area (Å²) in [5, 5.41) is 6.80. The average Bonchev–Trinajstić information content (AvgIpc) is 2.54. The fourth-order valence-electron chi connectivity index (χ4n) is 1.12. The summed E-state index contributed by atoms with van der Waals surface area (Å²) in [7, 11) is 0. The van der Waals surface area contributed by atoms with E-state index in [-0.39, 0.29) is 0 Å². The van der Waals surface area contributed by atoms with Crippen LogP contribution in [-0.2, 0) is 10.3 Å². The minimum Gasteiger partial charge on any atom is -0.368 e. The fourth-order valence-corrected chi connectivity index (χ4v) is 1.12. The minimum atomic E-state index is -0.494. The molecule has 80 valence electrons. The van der Waals surface area contributed by atoms with Crippen LogP contribution in [0.3, 0.4) is 0 Å². The molecule has 0 aliphatic rings. The van der Waals surface area contributed by atoms with Crippen molar-refractivity contribution in [2.45, 2.75) is 33.3 Å². The lowest BCUT2D eigenvalue weighted by atomic mass is 10.1. The van der Waals surface area contributed by atoms with Crippen LogP contribution in [0.5, 0.6) is 0 Å². The van der Waals surface area contributed by atoms with Crippen LogP contribution in [0.2, 0.25) is 0 Å². The molecule has 0 atom stereocenters. The second-order valence-corrected chi connectivity index (χ2v) is 3.40. The molecule has 0 aliphatic heterocycles. The first-order valence-corrected chi connectivity index (χ1v) is 4.82. The number of hydrogen-bond acceptors (Lipinski definition) is 5. The second-order valence-electron chi connectivity index (χ2n) is 3.40. The van der Waals surface area contributed by atoms with Crippen molar-refractivity contribution >= 4 is 6.01 Å². The number of rotatable bonds is 5. The van der Waals surface area contributed by atoms with Crippen LogP contribution in [-0.4, -0.2) is 23.3 Å². The monoisotopic (exact) mass is 199 g/mol. The molecule has 1 N–H and O–H groups in total. The minimum absolute atomic E-state index is 0.440. The lowest BCUT2D eigenvalue weighted by molar-refractivity contribution is -0.0221. The molecule has 1 heterocycles. The van der Waals surface area contributed by atoms with Gasteiger partial charge in [-0.25, -0.2) is 0 Å². The van der Waals surface area contributed by atoms with E-state index in [1.54, 1.807) is 0 Å². The molecule has 1 rings (SSSR count). The third-order valence-electron chi connectivity index (χ3n) is 1.80. The second kappa shape index (κ2) is 4.41. The first kappa shape index (κ1) is 11.0. The van der Waals surface area contributed by atoms with Crippen LogP contribution >= 0.6 is 0 Å². The molecule has 1 aromatic heterocycles. The Bertz CT molecular complexity index is 283. The number of ether oxygens (including phenoxy) is 1. The van der Waals surface area contributed by atoms with Gasteiger partial charge in [-0.1, -0.05) is 5.16 Å². The van der Waals surface area contributed by atoms with Gasteiger partial charge in [0.2, 0.25) is 5.82 Å². The van der Waals surface area contributed by atoms with E-state index in [2.05, 4.69) is 15.5 Å². The molecular weight excluding hydrogens is 182 g/mol. The molecule has 0 saturated carbocycles. The van der Waals surface area contributed by atoms with E-state index >= 15 is 0 Å². The Morgan fingerprint density at radius 2 is 2.14 bits per heavy atom. The van der Waals surface area contributed by atoms with Crippen molar-refractivity contribution in [3.8, 4) is 0 Å². The average molecular weight is 199 g/mol. The Labute approximate surface area is 83.8 Å². The van der Waals surface area contributed by atoms with Crippen molar-refractivity contribution in [2.75, 3.05) is 18.5 Å². The van der Waals surface area contributed by atoms with Gasteiger partial charge in [-0.2, -0.15) is 4.98 Å². The maximum absolute atomic E-state index is 5.49. The van der Waals surface area contributed by atoms with Gasteiger partial charge in [-0.15, -0.1) is 0 Å². The van der Waals surface area contributed by atoms with Crippen LogP contribution < -0.4 is 5.32 Å². The van der Waals surface area contributed by atoms with E-state index in [9.17, 15) is 0 Å². The van der Waals surface area contributed by atoms with E-state index in [1.165, 1.54) is 0 Å². The van der Waals surface area contributed by atoms with Gasteiger partial charge in [0.15, 0.2) is 0 Å². The molecule has 0 radical (unpaired) electrons. The Morgan fingerprint density at radius 1 is 1.43 bits per heavy atom. The number of nitrogens with zero attached hydrogens (tertiary/aromatic N) is 2. The molecule has 0 aliphatic carbocycles. The molecular formula is C9H17N3O2. The molecule has 0 bridgehead atoms. The van der Waals surface area contributed by atoms with Crippen LogP contribution in [0, 0.1) is 0 Å². The molecule has 0 spiro atoms. The largest absolute Gasteiger partial charge is 0.368 e. The Balaban J connectivity index is 2.74. The van der Waals surface area contributed by atoms with Gasteiger partial charge in [0.05, 0.1) is 0 Å². The zero-order valence-corrected chi connectivity index (χ0v) is 9.13. The highest BCUT2D eigenvalue weighted by Gasteiger charge is 2.26. The summed E-state index contributed by atoms with van der Waals surface area (Å²) in [6.07, 6.45) is 0. The third kappa shape index (κ3) is 2.45. The molecule has 5 heteroatoms. The summed E-state index contributed by atoms with van der Waals surface area (Å²) in [6, 6.07) is 0.440. The van der Waals surface area contributed by atoms with Crippen molar-refractivity contribution in [2.24, 2.45) is 0 Å². The highest BCUT2D eigenvalue weighted by molar-refractivity contribution is 5.19. The van der Waals surface area contributed by atoms with E-state index in [0.29, 0.717) is 18.4 Å². The molecule has 14 heavy (non-hydrogen) atoms. The number of aromatic nitrogens is 2. The van der Waals surface area contributed by atoms with Crippen molar-refractivity contribution in [3.05, 3.63) is 5.82 Å². The topological polar surface area (TPSA) is 60.2 Å². The number of hydrogen-bond donors (Lipinski definition) is 1. The van der Waals surface area contributed by atoms with Crippen molar-refractivity contribution in [3.63, 3.8) is 0 Å². The van der Waals surface area contributed by atoms with Gasteiger partial charge in [0.25, 0.3) is 0 Å². The Kier molecular flexibility index (Phi) is 3.46. The predicted octanol–water partition coefficient (Wildman–Crippen LogP) is 1.77. The van der Waals surface area contributed by atoms with Crippen LogP contribution in [0.4, 0.5) is 6.01 Å². The third-order valence-corrected chi connectivity index (χ3v) is 1.80. The van der Waals surface area contributed by atoms with E-state index in [0.717, 1.165) is 6.54 Å². The number of anilines is 1. The quantitative estimate of drug-likeness (QED) is 0.783. The molecule has 5 nitrogen and oxygen atoms in total. The van der Waals surface area contributed by atoms with Gasteiger partial charge < -0.3 is 14.6 Å². The van der Waals surface area contributed by atoms with Crippen molar-refractivity contribution < 1.29 is 9.26 Å². The van der Waals surface area contributed by atoms with Crippen LogP contribution in [0.25, 0.3) is 0 Å². The summed E-state index contributed by atoms with van der Waals surface area (Å²) < 4.78 is 10.5. The predicted molar refractivity (Wildman–Crippen MR) is 53.1 cm³/mol. The Hall–Kier alpha value is -1.10. The first-order valence-electron chi connectivity index (χ1n) is 4.82. The smallest absolute Gasteiger partial charge is 0.321 e. The maximum atomic E-state index is 5.49. The zero-order valence-electron chi connectivity index (χ0n) is 9.13. The molecule has 0 saturated heterocycles. The zero-order chi connectivity index (χ0) is 10.6.